The molecule has 1 saturated heterocycles. The van der Waals surface area contributed by atoms with Gasteiger partial charge in [-0.15, -0.1) is 0 Å². The highest BCUT2D eigenvalue weighted by molar-refractivity contribution is 5.91. The lowest BCUT2D eigenvalue weighted by molar-refractivity contribution is -0.0208. The lowest BCUT2D eigenvalue weighted by Gasteiger charge is -2.35. The third-order valence-corrected chi connectivity index (χ3v) is 4.32. The van der Waals surface area contributed by atoms with Crippen molar-refractivity contribution in [3.05, 3.63) is 54.6 Å². The number of ether oxygens (including phenoxy) is 1. The monoisotopic (exact) mass is 339 g/mol. The third kappa shape index (κ3) is 3.18. The minimum atomic E-state index is -0.778. The predicted molar refractivity (Wildman–Crippen MR) is 89.2 cm³/mol. The van der Waals surface area contributed by atoms with Gasteiger partial charge in [-0.3, -0.25) is 9.78 Å². The van der Waals surface area contributed by atoms with Crippen molar-refractivity contribution in [2.45, 2.75) is 18.6 Å². The molecule has 25 heavy (non-hydrogen) atoms. The maximum atomic E-state index is 12.2. The molecule has 3 aromatic rings. The number of aliphatic hydroxyl groups excluding tert-OH is 1. The Morgan fingerprint density at radius 2 is 2.20 bits per heavy atom. The lowest BCUT2D eigenvalue weighted by atomic mass is 10.0. The van der Waals surface area contributed by atoms with Crippen LogP contribution in [0.25, 0.3) is 10.9 Å². The summed E-state index contributed by atoms with van der Waals surface area (Å²) in [6, 6.07) is 11.0. The van der Waals surface area contributed by atoms with Gasteiger partial charge in [0.15, 0.2) is 0 Å². The molecule has 3 heterocycles. The molecule has 2 aromatic heterocycles. The predicted octanol–water partition coefficient (Wildman–Crippen LogP) is 1.88. The van der Waals surface area contributed by atoms with E-state index in [0.717, 1.165) is 10.9 Å². The average Bonchev–Trinajstić information content (AvgIpc) is 3.17. The number of pyridine rings is 1. The fourth-order valence-corrected chi connectivity index (χ4v) is 3.01. The van der Waals surface area contributed by atoms with Crippen LogP contribution in [-0.4, -0.2) is 51.4 Å². The van der Waals surface area contributed by atoms with E-state index in [9.17, 15) is 9.90 Å². The largest absolute Gasteiger partial charge is 0.488 e. The van der Waals surface area contributed by atoms with Crippen molar-refractivity contribution in [1.29, 1.82) is 0 Å². The number of hydrogen-bond donors (Lipinski definition) is 1. The molecular weight excluding hydrogens is 322 g/mol. The van der Waals surface area contributed by atoms with E-state index in [-0.39, 0.29) is 24.3 Å². The summed E-state index contributed by atoms with van der Waals surface area (Å²) in [5, 5.41) is 14.9. The molecule has 7 heteroatoms. The number of rotatable bonds is 3. The smallest absolute Gasteiger partial charge is 0.292 e. The Morgan fingerprint density at radius 3 is 3.00 bits per heavy atom. The number of benzene rings is 1. The normalized spacial score (nSPS) is 20.6. The van der Waals surface area contributed by atoms with Gasteiger partial charge in [0, 0.05) is 36.7 Å². The Bertz CT molecular complexity index is 881. The number of carbonyl (C=O) groups excluding carboxylic acids is 1. The molecule has 0 aliphatic carbocycles. The topological polar surface area (TPSA) is 88.7 Å². The van der Waals surface area contributed by atoms with E-state index in [1.165, 1.54) is 12.3 Å². The van der Waals surface area contributed by atoms with Crippen LogP contribution in [0.15, 0.2) is 53.3 Å². The first-order valence-electron chi connectivity index (χ1n) is 8.10. The molecule has 0 bridgehead atoms. The Morgan fingerprint density at radius 1 is 1.28 bits per heavy atom. The van der Waals surface area contributed by atoms with Gasteiger partial charge in [0.05, 0.1) is 18.3 Å². The molecule has 2 atom stereocenters. The number of carbonyl (C=O) groups is 1. The number of fused-ring (bicyclic) bond motifs is 1. The summed E-state index contributed by atoms with van der Waals surface area (Å²) in [4.78, 5) is 18.1. The van der Waals surface area contributed by atoms with Crippen LogP contribution in [0.1, 0.15) is 17.0 Å². The maximum absolute atomic E-state index is 12.2. The van der Waals surface area contributed by atoms with Gasteiger partial charge in [0.25, 0.3) is 5.91 Å². The van der Waals surface area contributed by atoms with Crippen LogP contribution in [0.2, 0.25) is 0 Å². The molecule has 0 radical (unpaired) electrons. The van der Waals surface area contributed by atoms with Gasteiger partial charge in [-0.25, -0.2) is 0 Å². The van der Waals surface area contributed by atoms with Gasteiger partial charge in [-0.2, -0.15) is 0 Å². The highest BCUT2D eigenvalue weighted by Gasteiger charge is 2.33. The van der Waals surface area contributed by atoms with Crippen LogP contribution in [0.3, 0.4) is 0 Å². The molecular formula is C18H17N3O4. The van der Waals surface area contributed by atoms with E-state index in [2.05, 4.69) is 10.1 Å². The van der Waals surface area contributed by atoms with Crippen molar-refractivity contribution < 1.29 is 19.2 Å². The SMILES string of the molecule is O=C(c1ccno1)N1CC[C@@H](Oc2ccc3cccnc3c2)[C@H](O)C1. The van der Waals surface area contributed by atoms with Crippen molar-refractivity contribution in [2.24, 2.45) is 0 Å². The maximum Gasteiger partial charge on any atom is 0.292 e. The van der Waals surface area contributed by atoms with Crippen molar-refractivity contribution in [3.8, 4) is 5.75 Å². The van der Waals surface area contributed by atoms with Gasteiger partial charge in [0.2, 0.25) is 5.76 Å². The quantitative estimate of drug-likeness (QED) is 0.784. The van der Waals surface area contributed by atoms with Crippen molar-refractivity contribution in [1.82, 2.24) is 15.0 Å². The molecule has 1 fully saturated rings. The van der Waals surface area contributed by atoms with Crippen LogP contribution >= 0.6 is 0 Å². The Hall–Kier alpha value is -2.93. The Labute approximate surface area is 143 Å². The third-order valence-electron chi connectivity index (χ3n) is 4.32. The fraction of sp³-hybridized carbons (Fsp3) is 0.278. The number of piperidine rings is 1. The molecule has 1 aromatic carbocycles. The molecule has 0 unspecified atom stereocenters. The summed E-state index contributed by atoms with van der Waals surface area (Å²) >= 11 is 0. The van der Waals surface area contributed by atoms with Crippen LogP contribution in [-0.2, 0) is 0 Å². The molecule has 7 nitrogen and oxygen atoms in total. The minimum absolute atomic E-state index is 0.173. The second kappa shape index (κ2) is 6.52. The number of aromatic nitrogens is 2. The van der Waals surface area contributed by atoms with Crippen LogP contribution in [0, 0.1) is 0 Å². The van der Waals surface area contributed by atoms with Gasteiger partial charge >= 0.3 is 0 Å². The molecule has 1 amide bonds. The average molecular weight is 339 g/mol. The van der Waals surface area contributed by atoms with Crippen molar-refractivity contribution >= 4 is 16.8 Å². The molecule has 128 valence electrons. The fourth-order valence-electron chi connectivity index (χ4n) is 3.01. The summed E-state index contributed by atoms with van der Waals surface area (Å²) in [5.41, 5.74) is 0.840. The van der Waals surface area contributed by atoms with Gasteiger partial charge in [0.1, 0.15) is 18.0 Å². The minimum Gasteiger partial charge on any atom is -0.488 e. The number of hydrogen-bond acceptors (Lipinski definition) is 6. The van der Waals surface area contributed by atoms with Gasteiger partial charge < -0.3 is 19.3 Å². The first-order valence-corrected chi connectivity index (χ1v) is 8.10. The first-order chi connectivity index (χ1) is 12.2. The Balaban J connectivity index is 1.43. The van der Waals surface area contributed by atoms with Crippen molar-refractivity contribution in [2.75, 3.05) is 13.1 Å². The lowest BCUT2D eigenvalue weighted by Crippen LogP contribution is -2.50. The van der Waals surface area contributed by atoms with E-state index in [1.807, 2.05) is 30.3 Å². The summed E-state index contributed by atoms with van der Waals surface area (Å²) in [5.74, 6) is 0.558. The van der Waals surface area contributed by atoms with Gasteiger partial charge in [-0.05, 0) is 18.2 Å². The second-order valence-corrected chi connectivity index (χ2v) is 6.00. The van der Waals surface area contributed by atoms with Crippen LogP contribution in [0.5, 0.6) is 5.75 Å². The highest BCUT2D eigenvalue weighted by Crippen LogP contribution is 2.23. The highest BCUT2D eigenvalue weighted by atomic mass is 16.5. The number of likely N-dealkylation sites (tertiary alicyclic amines) is 1. The zero-order valence-electron chi connectivity index (χ0n) is 13.4. The molecule has 1 aliphatic rings. The first kappa shape index (κ1) is 15.6. The molecule has 0 spiro atoms. The summed E-state index contributed by atoms with van der Waals surface area (Å²) in [6.07, 6.45) is 2.53. The van der Waals surface area contributed by atoms with E-state index in [0.29, 0.717) is 18.7 Å². The number of nitrogens with zero attached hydrogens (tertiary/aromatic N) is 3. The van der Waals surface area contributed by atoms with Gasteiger partial charge in [-0.1, -0.05) is 11.2 Å². The van der Waals surface area contributed by atoms with Crippen molar-refractivity contribution in [3.63, 3.8) is 0 Å². The summed E-state index contributed by atoms with van der Waals surface area (Å²) < 4.78 is 10.8. The van der Waals surface area contributed by atoms with E-state index < -0.39 is 6.10 Å². The van der Waals surface area contributed by atoms with E-state index >= 15 is 0 Å². The summed E-state index contributed by atoms with van der Waals surface area (Å²) in [7, 11) is 0. The van der Waals surface area contributed by atoms with Crippen LogP contribution < -0.4 is 4.74 Å². The zero-order valence-corrected chi connectivity index (χ0v) is 13.4. The van der Waals surface area contributed by atoms with E-state index in [4.69, 9.17) is 9.26 Å². The molecule has 1 N–H and O–H groups in total. The summed E-state index contributed by atoms with van der Waals surface area (Å²) in [6.45, 7) is 0.670. The molecule has 0 saturated carbocycles. The number of β-amino-alcohol motifs (C(OH)–C–C–N with tert-alkyl or cyclic N) is 1. The molecule has 1 aliphatic heterocycles. The number of amides is 1. The second-order valence-electron chi connectivity index (χ2n) is 6.00. The Kier molecular flexibility index (Phi) is 4.07. The van der Waals surface area contributed by atoms with Crippen LogP contribution in [0.4, 0.5) is 0 Å². The zero-order chi connectivity index (χ0) is 17.2. The van der Waals surface area contributed by atoms with E-state index in [1.54, 1.807) is 11.1 Å². The number of aliphatic hydroxyl groups is 1. The molecule has 4 rings (SSSR count). The standard InChI is InChI=1S/C18H17N3O4/c22-15-11-21(18(23)17-5-8-20-25-17)9-6-16(15)24-13-4-3-12-2-1-7-19-14(12)10-13/h1-5,7-8,10,15-16,22H,6,9,11H2/t15-,16-/m1/s1.